The van der Waals surface area contributed by atoms with Gasteiger partial charge >= 0.3 is 0 Å². The quantitative estimate of drug-likeness (QED) is 0.839. The first-order valence-corrected chi connectivity index (χ1v) is 7.64. The van der Waals surface area contributed by atoms with Crippen LogP contribution in [-0.4, -0.2) is 17.8 Å². The lowest BCUT2D eigenvalue weighted by Crippen LogP contribution is -2.32. The zero-order valence-corrected chi connectivity index (χ0v) is 13.1. The Morgan fingerprint density at radius 1 is 0.857 bits per heavy atom. The maximum atomic E-state index is 9.85. The van der Waals surface area contributed by atoms with Gasteiger partial charge in [-0.1, -0.05) is 68.4 Å². The van der Waals surface area contributed by atoms with Crippen LogP contribution in [-0.2, 0) is 0 Å². The van der Waals surface area contributed by atoms with Gasteiger partial charge in [0.2, 0.25) is 0 Å². The molecule has 2 N–H and O–H groups in total. The first-order valence-electron chi connectivity index (χ1n) is 7.64. The normalized spacial score (nSPS) is 14.1. The molecule has 0 aliphatic carbocycles. The molecule has 0 heterocycles. The smallest absolute Gasteiger partial charge is 0.0687 e. The fourth-order valence-electron chi connectivity index (χ4n) is 2.25. The van der Waals surface area contributed by atoms with Gasteiger partial charge in [0, 0.05) is 12.6 Å². The maximum absolute atomic E-state index is 9.85. The van der Waals surface area contributed by atoms with Gasteiger partial charge in [-0.3, -0.25) is 0 Å². The molecule has 2 aromatic carbocycles. The van der Waals surface area contributed by atoms with Crippen molar-refractivity contribution >= 4 is 0 Å². The lowest BCUT2D eigenvalue weighted by molar-refractivity contribution is 0.120. The van der Waals surface area contributed by atoms with Gasteiger partial charge < -0.3 is 10.4 Å². The van der Waals surface area contributed by atoms with Crippen molar-refractivity contribution in [3.63, 3.8) is 0 Å². The number of aliphatic hydroxyl groups is 1. The molecule has 2 heteroatoms. The van der Waals surface area contributed by atoms with E-state index >= 15 is 0 Å². The monoisotopic (exact) mass is 283 g/mol. The third kappa shape index (κ3) is 4.42. The molecule has 0 aliphatic heterocycles. The molecule has 0 saturated carbocycles. The number of benzene rings is 2. The minimum absolute atomic E-state index is 0.239. The van der Waals surface area contributed by atoms with Crippen LogP contribution < -0.4 is 5.32 Å². The number of hydrogen-bond donors (Lipinski definition) is 2. The summed E-state index contributed by atoms with van der Waals surface area (Å²) in [5.74, 6) is 0.283. The van der Waals surface area contributed by atoms with E-state index in [1.165, 1.54) is 16.7 Å². The molecule has 112 valence electrons. The molecule has 2 aromatic rings. The van der Waals surface area contributed by atoms with Gasteiger partial charge in [-0.15, -0.1) is 0 Å². The second-order valence-corrected chi connectivity index (χ2v) is 5.93. The Morgan fingerprint density at radius 3 is 2.00 bits per heavy atom. The average Bonchev–Trinajstić information content (AvgIpc) is 2.53. The SMILES string of the molecule is CC(NCC(O)C(C)C)c1ccc(-c2ccccc2)cc1. The molecule has 2 unspecified atom stereocenters. The minimum atomic E-state index is -0.295. The van der Waals surface area contributed by atoms with E-state index in [-0.39, 0.29) is 18.1 Å². The Kier molecular flexibility index (Phi) is 5.54. The minimum Gasteiger partial charge on any atom is -0.392 e. The van der Waals surface area contributed by atoms with E-state index in [1.54, 1.807) is 0 Å². The summed E-state index contributed by atoms with van der Waals surface area (Å²) in [5.41, 5.74) is 3.71. The molecule has 0 aromatic heterocycles. The lowest BCUT2D eigenvalue weighted by atomic mass is 10.0. The van der Waals surface area contributed by atoms with E-state index in [9.17, 15) is 5.11 Å². The predicted molar refractivity (Wildman–Crippen MR) is 89.1 cm³/mol. The van der Waals surface area contributed by atoms with Crippen LogP contribution in [0.5, 0.6) is 0 Å². The van der Waals surface area contributed by atoms with Gasteiger partial charge in [-0.25, -0.2) is 0 Å². The van der Waals surface area contributed by atoms with E-state index < -0.39 is 0 Å². The van der Waals surface area contributed by atoms with Gasteiger partial charge in [0.25, 0.3) is 0 Å². The molecule has 0 fully saturated rings. The molecule has 0 bridgehead atoms. The van der Waals surface area contributed by atoms with Crippen LogP contribution in [0, 0.1) is 5.92 Å². The Morgan fingerprint density at radius 2 is 1.43 bits per heavy atom. The summed E-state index contributed by atoms with van der Waals surface area (Å²) in [6.07, 6.45) is -0.295. The van der Waals surface area contributed by atoms with Gasteiger partial charge in [0.1, 0.15) is 0 Å². The van der Waals surface area contributed by atoms with Crippen LogP contribution in [0.4, 0.5) is 0 Å². The number of rotatable bonds is 6. The zero-order valence-electron chi connectivity index (χ0n) is 13.1. The largest absolute Gasteiger partial charge is 0.392 e. The van der Waals surface area contributed by atoms with Crippen molar-refractivity contribution in [3.8, 4) is 11.1 Å². The van der Waals surface area contributed by atoms with Crippen LogP contribution in [0.3, 0.4) is 0 Å². The van der Waals surface area contributed by atoms with E-state index in [4.69, 9.17) is 0 Å². The zero-order chi connectivity index (χ0) is 15.2. The lowest BCUT2D eigenvalue weighted by Gasteiger charge is -2.20. The van der Waals surface area contributed by atoms with Crippen molar-refractivity contribution in [1.82, 2.24) is 5.32 Å². The van der Waals surface area contributed by atoms with Gasteiger partial charge in [0.05, 0.1) is 6.10 Å². The molecule has 2 nitrogen and oxygen atoms in total. The molecular formula is C19H25NO. The van der Waals surface area contributed by atoms with Crippen molar-refractivity contribution < 1.29 is 5.11 Å². The summed E-state index contributed by atoms with van der Waals surface area (Å²) in [6, 6.07) is 19.2. The molecule has 21 heavy (non-hydrogen) atoms. The Labute approximate surface area is 127 Å². The van der Waals surface area contributed by atoms with Crippen LogP contribution in [0.1, 0.15) is 32.4 Å². The van der Waals surface area contributed by atoms with Crippen molar-refractivity contribution in [2.24, 2.45) is 5.92 Å². The molecule has 0 amide bonds. The number of nitrogens with one attached hydrogen (secondary N) is 1. The first kappa shape index (κ1) is 15.7. The van der Waals surface area contributed by atoms with E-state index in [2.05, 4.69) is 60.8 Å². The molecular weight excluding hydrogens is 258 g/mol. The summed E-state index contributed by atoms with van der Waals surface area (Å²) < 4.78 is 0. The molecule has 0 aliphatic rings. The summed E-state index contributed by atoms with van der Waals surface area (Å²) in [6.45, 7) is 6.82. The van der Waals surface area contributed by atoms with Gasteiger partial charge in [-0.2, -0.15) is 0 Å². The third-order valence-corrected chi connectivity index (χ3v) is 3.92. The van der Waals surface area contributed by atoms with Crippen molar-refractivity contribution in [3.05, 3.63) is 60.2 Å². The summed E-state index contributed by atoms with van der Waals surface area (Å²) >= 11 is 0. The highest BCUT2D eigenvalue weighted by Gasteiger charge is 2.11. The van der Waals surface area contributed by atoms with Crippen molar-refractivity contribution in [2.75, 3.05) is 6.54 Å². The number of aliphatic hydroxyl groups excluding tert-OH is 1. The Balaban J connectivity index is 1.99. The van der Waals surface area contributed by atoms with Crippen LogP contribution >= 0.6 is 0 Å². The van der Waals surface area contributed by atoms with E-state index in [1.807, 2.05) is 19.9 Å². The fourth-order valence-corrected chi connectivity index (χ4v) is 2.25. The van der Waals surface area contributed by atoms with Crippen LogP contribution in [0.2, 0.25) is 0 Å². The highest BCUT2D eigenvalue weighted by atomic mass is 16.3. The molecule has 0 radical (unpaired) electrons. The van der Waals surface area contributed by atoms with Gasteiger partial charge in [-0.05, 0) is 29.5 Å². The molecule has 2 rings (SSSR count). The van der Waals surface area contributed by atoms with Crippen LogP contribution in [0.25, 0.3) is 11.1 Å². The molecule has 2 atom stereocenters. The van der Waals surface area contributed by atoms with E-state index in [0.717, 1.165) is 0 Å². The topological polar surface area (TPSA) is 32.3 Å². The Hall–Kier alpha value is -1.64. The molecule has 0 spiro atoms. The first-order chi connectivity index (χ1) is 10.1. The molecule has 0 saturated heterocycles. The van der Waals surface area contributed by atoms with Crippen molar-refractivity contribution in [2.45, 2.75) is 32.9 Å². The summed E-state index contributed by atoms with van der Waals surface area (Å²) in [7, 11) is 0. The third-order valence-electron chi connectivity index (χ3n) is 3.92. The van der Waals surface area contributed by atoms with Crippen molar-refractivity contribution in [1.29, 1.82) is 0 Å². The highest BCUT2D eigenvalue weighted by Crippen LogP contribution is 2.21. The maximum Gasteiger partial charge on any atom is 0.0687 e. The second-order valence-electron chi connectivity index (χ2n) is 5.93. The number of hydrogen-bond acceptors (Lipinski definition) is 2. The summed E-state index contributed by atoms with van der Waals surface area (Å²) in [4.78, 5) is 0. The van der Waals surface area contributed by atoms with E-state index in [0.29, 0.717) is 6.54 Å². The van der Waals surface area contributed by atoms with Gasteiger partial charge in [0.15, 0.2) is 0 Å². The Bertz CT molecular complexity index is 533. The summed E-state index contributed by atoms with van der Waals surface area (Å²) in [5, 5.41) is 13.2. The average molecular weight is 283 g/mol. The standard InChI is InChI=1S/C19H25NO/c1-14(2)19(21)13-20-15(3)16-9-11-18(12-10-16)17-7-5-4-6-8-17/h4-12,14-15,19-21H,13H2,1-3H3. The van der Waals surface area contributed by atoms with Crippen LogP contribution in [0.15, 0.2) is 54.6 Å². The second kappa shape index (κ2) is 7.39. The predicted octanol–water partition coefficient (Wildman–Crippen LogP) is 4.02. The fraction of sp³-hybridized carbons (Fsp3) is 0.368. The highest BCUT2D eigenvalue weighted by molar-refractivity contribution is 5.63.